The van der Waals surface area contributed by atoms with Gasteiger partial charge >= 0.3 is 6.03 Å². The molecule has 4 rings (SSSR count). The molecular weight excluding hydrogens is 412 g/mol. The van der Waals surface area contributed by atoms with E-state index in [0.29, 0.717) is 16.3 Å². The fraction of sp³-hybridized carbons (Fsp3) is 0.273. The quantitative estimate of drug-likeness (QED) is 0.584. The van der Waals surface area contributed by atoms with Crippen molar-refractivity contribution in [2.24, 2.45) is 5.73 Å². The Hall–Kier alpha value is -2.93. The predicted molar refractivity (Wildman–Crippen MR) is 112 cm³/mol. The number of nitrogens with zero attached hydrogens (tertiary/aromatic N) is 2. The largest absolute Gasteiger partial charge is 0.481 e. The standard InChI is InChI=1S/C22H20ClF2N3O2/c1-12-8-16-13(11-27-12)4-3-5-17(16)28(21(26)29)18-10-22(2,20(24)25)30-19-9-14(23)6-7-15(18)19/h3-9,11,18,20H,10H2,1-2H3,(H2,26,29)/t18-,22+/m1/s1. The summed E-state index contributed by atoms with van der Waals surface area (Å²) < 4.78 is 33.5. The van der Waals surface area contributed by atoms with Crippen molar-refractivity contribution in [1.82, 2.24) is 4.98 Å². The van der Waals surface area contributed by atoms with Crippen LogP contribution in [-0.2, 0) is 0 Å². The predicted octanol–water partition coefficient (Wildman–Crippen LogP) is 5.63. The lowest BCUT2D eigenvalue weighted by molar-refractivity contribution is -0.0808. The summed E-state index contributed by atoms with van der Waals surface area (Å²) in [4.78, 5) is 18.3. The molecule has 2 amide bonds. The van der Waals surface area contributed by atoms with Crippen LogP contribution in [0, 0.1) is 6.92 Å². The maximum absolute atomic E-state index is 13.9. The van der Waals surface area contributed by atoms with Crippen LogP contribution in [0.2, 0.25) is 5.02 Å². The molecule has 2 aromatic carbocycles. The Morgan fingerprint density at radius 2 is 2.10 bits per heavy atom. The van der Waals surface area contributed by atoms with E-state index in [4.69, 9.17) is 22.1 Å². The molecule has 2 N–H and O–H groups in total. The van der Waals surface area contributed by atoms with Crippen LogP contribution in [0.3, 0.4) is 0 Å². The number of ether oxygens (including phenoxy) is 1. The molecule has 1 aliphatic rings. The summed E-state index contributed by atoms with van der Waals surface area (Å²) in [6, 6.07) is 10.5. The lowest BCUT2D eigenvalue weighted by atomic mass is 9.87. The molecule has 0 saturated carbocycles. The third kappa shape index (κ3) is 3.43. The third-order valence-electron chi connectivity index (χ3n) is 5.42. The highest BCUT2D eigenvalue weighted by Gasteiger charge is 2.47. The fourth-order valence-electron chi connectivity index (χ4n) is 3.93. The Bertz CT molecular complexity index is 1140. The van der Waals surface area contributed by atoms with Crippen LogP contribution in [0.25, 0.3) is 10.8 Å². The summed E-state index contributed by atoms with van der Waals surface area (Å²) in [7, 11) is 0. The van der Waals surface area contributed by atoms with Gasteiger partial charge in [0, 0.05) is 39.7 Å². The number of carbonyl (C=O) groups is 1. The number of nitrogens with two attached hydrogens (primary N) is 1. The number of urea groups is 1. The van der Waals surface area contributed by atoms with Crippen molar-refractivity contribution in [2.75, 3.05) is 4.90 Å². The van der Waals surface area contributed by atoms with Gasteiger partial charge in [0.15, 0.2) is 5.60 Å². The Balaban J connectivity index is 1.94. The molecule has 0 unspecified atom stereocenters. The molecular formula is C22H20ClF2N3O2. The topological polar surface area (TPSA) is 68.5 Å². The molecule has 0 fully saturated rings. The summed E-state index contributed by atoms with van der Waals surface area (Å²) in [5, 5.41) is 1.91. The molecule has 2 atom stereocenters. The van der Waals surface area contributed by atoms with Gasteiger partial charge in [-0.15, -0.1) is 0 Å². The van der Waals surface area contributed by atoms with Gasteiger partial charge in [-0.25, -0.2) is 13.6 Å². The number of aryl methyl sites for hydroxylation is 1. The van der Waals surface area contributed by atoms with Crippen LogP contribution in [0.5, 0.6) is 5.75 Å². The minimum atomic E-state index is -2.78. The van der Waals surface area contributed by atoms with Crippen LogP contribution in [0.4, 0.5) is 19.3 Å². The second kappa shape index (κ2) is 7.40. The van der Waals surface area contributed by atoms with Crippen LogP contribution < -0.4 is 15.4 Å². The molecule has 0 spiro atoms. The Morgan fingerprint density at radius 1 is 1.33 bits per heavy atom. The molecule has 1 aliphatic heterocycles. The summed E-state index contributed by atoms with van der Waals surface area (Å²) in [6.07, 6.45) is -1.21. The average Bonchev–Trinajstić information content (AvgIpc) is 2.67. The molecule has 3 aromatic rings. The zero-order valence-corrected chi connectivity index (χ0v) is 17.2. The van der Waals surface area contributed by atoms with E-state index in [-0.39, 0.29) is 12.2 Å². The highest BCUT2D eigenvalue weighted by Crippen LogP contribution is 2.47. The number of primary amides is 1. The van der Waals surface area contributed by atoms with Crippen LogP contribution >= 0.6 is 11.6 Å². The van der Waals surface area contributed by atoms with Crippen LogP contribution in [0.1, 0.15) is 30.6 Å². The van der Waals surface area contributed by atoms with Gasteiger partial charge in [-0.05, 0) is 38.1 Å². The highest BCUT2D eigenvalue weighted by molar-refractivity contribution is 6.30. The first-order valence-electron chi connectivity index (χ1n) is 9.40. The van der Waals surface area contributed by atoms with Crippen molar-refractivity contribution in [3.63, 3.8) is 0 Å². The molecule has 30 heavy (non-hydrogen) atoms. The van der Waals surface area contributed by atoms with Crippen molar-refractivity contribution in [2.45, 2.75) is 38.3 Å². The number of hydrogen-bond donors (Lipinski definition) is 1. The highest BCUT2D eigenvalue weighted by atomic mass is 35.5. The zero-order valence-electron chi connectivity index (χ0n) is 16.4. The second-order valence-corrected chi connectivity index (χ2v) is 8.09. The Labute approximate surface area is 177 Å². The van der Waals surface area contributed by atoms with E-state index in [1.165, 1.54) is 17.9 Å². The zero-order chi connectivity index (χ0) is 21.6. The molecule has 5 nitrogen and oxygen atoms in total. The van der Waals surface area contributed by atoms with Crippen molar-refractivity contribution in [1.29, 1.82) is 0 Å². The van der Waals surface area contributed by atoms with Crippen molar-refractivity contribution >= 4 is 34.1 Å². The maximum atomic E-state index is 13.9. The summed E-state index contributed by atoms with van der Waals surface area (Å²) in [5.41, 5.74) is 5.84. The number of pyridine rings is 1. The number of amides is 2. The van der Waals surface area contributed by atoms with Crippen molar-refractivity contribution in [3.05, 3.63) is 64.9 Å². The lowest BCUT2D eigenvalue weighted by Gasteiger charge is -2.43. The first kappa shape index (κ1) is 20.3. The van der Waals surface area contributed by atoms with Gasteiger partial charge in [0.2, 0.25) is 0 Å². The molecule has 2 heterocycles. The Kier molecular flexibility index (Phi) is 5.02. The van der Waals surface area contributed by atoms with Gasteiger partial charge in [-0.2, -0.15) is 0 Å². The van der Waals surface area contributed by atoms with Gasteiger partial charge in [-0.3, -0.25) is 9.88 Å². The normalized spacial score (nSPS) is 20.7. The molecule has 1 aromatic heterocycles. The third-order valence-corrected chi connectivity index (χ3v) is 5.66. The van der Waals surface area contributed by atoms with Crippen LogP contribution in [-0.4, -0.2) is 23.0 Å². The van der Waals surface area contributed by atoms with Gasteiger partial charge < -0.3 is 10.5 Å². The Morgan fingerprint density at radius 3 is 2.80 bits per heavy atom. The number of carbonyl (C=O) groups excluding carboxylic acids is 1. The first-order valence-corrected chi connectivity index (χ1v) is 9.78. The van der Waals surface area contributed by atoms with E-state index < -0.39 is 24.1 Å². The van der Waals surface area contributed by atoms with E-state index in [2.05, 4.69) is 4.98 Å². The van der Waals surface area contributed by atoms with Gasteiger partial charge in [0.25, 0.3) is 6.43 Å². The van der Waals surface area contributed by atoms with Gasteiger partial charge in [-0.1, -0.05) is 29.8 Å². The van der Waals surface area contributed by atoms with Gasteiger partial charge in [0.05, 0.1) is 11.7 Å². The van der Waals surface area contributed by atoms with E-state index in [1.807, 2.05) is 19.1 Å². The van der Waals surface area contributed by atoms with Crippen molar-refractivity contribution in [3.8, 4) is 5.75 Å². The van der Waals surface area contributed by atoms with E-state index in [1.54, 1.807) is 30.5 Å². The summed E-state index contributed by atoms with van der Waals surface area (Å²) in [6.45, 7) is 3.16. The SMILES string of the molecule is Cc1cc2c(N(C(N)=O)[C@@H]3C[C@@](C)(C(F)F)Oc4cc(Cl)ccc43)cccc2cn1. The molecule has 0 saturated heterocycles. The van der Waals surface area contributed by atoms with E-state index in [9.17, 15) is 13.6 Å². The fourth-order valence-corrected chi connectivity index (χ4v) is 4.09. The molecule has 0 bridgehead atoms. The summed E-state index contributed by atoms with van der Waals surface area (Å²) in [5.74, 6) is 0.214. The number of fused-ring (bicyclic) bond motifs is 2. The number of rotatable bonds is 3. The molecule has 0 aliphatic carbocycles. The molecule has 8 heteroatoms. The maximum Gasteiger partial charge on any atom is 0.319 e. The second-order valence-electron chi connectivity index (χ2n) is 7.65. The molecule has 0 radical (unpaired) electrons. The number of aromatic nitrogens is 1. The van der Waals surface area contributed by atoms with E-state index >= 15 is 0 Å². The number of alkyl halides is 2. The monoisotopic (exact) mass is 431 g/mol. The van der Waals surface area contributed by atoms with Crippen LogP contribution in [0.15, 0.2) is 48.7 Å². The number of anilines is 1. The smallest absolute Gasteiger partial charge is 0.319 e. The number of benzene rings is 2. The lowest BCUT2D eigenvalue weighted by Crippen LogP contribution is -2.50. The van der Waals surface area contributed by atoms with Gasteiger partial charge in [0.1, 0.15) is 5.75 Å². The van der Waals surface area contributed by atoms with E-state index in [0.717, 1.165) is 16.5 Å². The first-order chi connectivity index (χ1) is 14.2. The van der Waals surface area contributed by atoms with Crippen molar-refractivity contribution < 1.29 is 18.3 Å². The minimum Gasteiger partial charge on any atom is -0.481 e. The molecule has 156 valence electrons. The summed E-state index contributed by atoms with van der Waals surface area (Å²) >= 11 is 6.07. The number of hydrogen-bond acceptors (Lipinski definition) is 3. The average molecular weight is 432 g/mol. The number of halogens is 3. The minimum absolute atomic E-state index is 0.136.